The van der Waals surface area contributed by atoms with Crippen molar-refractivity contribution in [1.29, 1.82) is 0 Å². The molecule has 0 atom stereocenters. The summed E-state index contributed by atoms with van der Waals surface area (Å²) in [6.45, 7) is 1.79. The summed E-state index contributed by atoms with van der Waals surface area (Å²) < 4.78 is 7.36. The van der Waals surface area contributed by atoms with E-state index in [1.165, 1.54) is 37.7 Å². The molecule has 3 aromatic heterocycles. The van der Waals surface area contributed by atoms with Gasteiger partial charge < -0.3 is 15.4 Å². The van der Waals surface area contributed by atoms with Gasteiger partial charge in [0.1, 0.15) is 0 Å². The Hall–Kier alpha value is -2.58. The van der Waals surface area contributed by atoms with Gasteiger partial charge in [-0.25, -0.2) is 19.5 Å². The van der Waals surface area contributed by atoms with Crippen LogP contribution in [-0.4, -0.2) is 55.9 Å². The van der Waals surface area contributed by atoms with Crippen LogP contribution in [0, 0.1) is 0 Å². The number of hydrogen-bond acceptors (Lipinski definition) is 7. The molecule has 33 heavy (non-hydrogen) atoms. The zero-order chi connectivity index (χ0) is 22.0. The Bertz CT molecular complexity index is 1080. The molecule has 2 N–H and O–H groups in total. The van der Waals surface area contributed by atoms with E-state index >= 15 is 0 Å². The third-order valence-corrected chi connectivity index (χ3v) is 7.61. The van der Waals surface area contributed by atoms with Gasteiger partial charge in [-0.15, -0.1) is 0 Å². The summed E-state index contributed by atoms with van der Waals surface area (Å²) in [5.74, 6) is 1.30. The molecule has 0 amide bonds. The zero-order valence-electron chi connectivity index (χ0n) is 19.1. The largest absolute Gasteiger partial charge is 0.381 e. The normalized spacial score (nSPS) is 24.6. The van der Waals surface area contributed by atoms with Crippen LogP contribution in [0.1, 0.15) is 69.3 Å². The van der Waals surface area contributed by atoms with Crippen LogP contribution in [0.2, 0.25) is 0 Å². The van der Waals surface area contributed by atoms with Gasteiger partial charge in [-0.2, -0.15) is 5.10 Å². The number of anilines is 1. The van der Waals surface area contributed by atoms with Crippen molar-refractivity contribution in [1.82, 2.24) is 29.9 Å². The minimum Gasteiger partial charge on any atom is -0.381 e. The van der Waals surface area contributed by atoms with Crippen LogP contribution < -0.4 is 10.6 Å². The summed E-state index contributed by atoms with van der Waals surface area (Å²) in [5.41, 5.74) is 3.95. The van der Waals surface area contributed by atoms with Crippen LogP contribution in [0.15, 0.2) is 30.7 Å². The number of rotatable bonds is 6. The van der Waals surface area contributed by atoms with Crippen LogP contribution in [0.25, 0.3) is 17.0 Å². The van der Waals surface area contributed by atoms with E-state index < -0.39 is 0 Å². The first-order valence-electron chi connectivity index (χ1n) is 12.6. The number of ether oxygens (including phenoxy) is 1. The molecule has 1 saturated heterocycles. The lowest BCUT2D eigenvalue weighted by molar-refractivity contribution is 0.0730. The molecule has 3 fully saturated rings. The van der Waals surface area contributed by atoms with Gasteiger partial charge >= 0.3 is 0 Å². The predicted molar refractivity (Wildman–Crippen MR) is 127 cm³/mol. The van der Waals surface area contributed by atoms with Crippen LogP contribution in [0.4, 0.5) is 5.95 Å². The molecule has 0 spiro atoms. The summed E-state index contributed by atoms with van der Waals surface area (Å²) >= 11 is 0. The second-order valence-electron chi connectivity index (χ2n) is 9.82. The lowest BCUT2D eigenvalue weighted by Gasteiger charge is -2.33. The van der Waals surface area contributed by atoms with Crippen molar-refractivity contribution >= 4 is 11.6 Å². The van der Waals surface area contributed by atoms with Gasteiger partial charge in [0.25, 0.3) is 0 Å². The van der Waals surface area contributed by atoms with E-state index in [1.54, 1.807) is 0 Å². The van der Waals surface area contributed by atoms with Gasteiger partial charge in [-0.1, -0.05) is 6.42 Å². The highest BCUT2D eigenvalue weighted by molar-refractivity contribution is 5.60. The van der Waals surface area contributed by atoms with Gasteiger partial charge in [-0.3, -0.25) is 0 Å². The fourth-order valence-corrected chi connectivity index (χ4v) is 5.39. The number of nitrogens with zero attached hydrogens (tertiary/aromatic N) is 5. The van der Waals surface area contributed by atoms with Crippen molar-refractivity contribution in [2.24, 2.45) is 0 Å². The SMILES string of the molecule is c1cc(-c2ccn3ncc(C4CCC4)c3n2)nc(NC2CCC(NC3CCOCC3)CC2)n1. The molecule has 8 nitrogen and oxygen atoms in total. The van der Waals surface area contributed by atoms with Crippen molar-refractivity contribution in [2.75, 3.05) is 18.5 Å². The average Bonchev–Trinajstić information content (AvgIpc) is 3.23. The molecular formula is C25H33N7O. The smallest absolute Gasteiger partial charge is 0.223 e. The van der Waals surface area contributed by atoms with E-state index in [-0.39, 0.29) is 0 Å². The first-order valence-corrected chi connectivity index (χ1v) is 12.6. The van der Waals surface area contributed by atoms with E-state index in [9.17, 15) is 0 Å². The zero-order valence-corrected chi connectivity index (χ0v) is 19.1. The van der Waals surface area contributed by atoms with Crippen molar-refractivity contribution in [3.63, 3.8) is 0 Å². The maximum absolute atomic E-state index is 5.48. The molecule has 3 aliphatic rings. The highest BCUT2D eigenvalue weighted by atomic mass is 16.5. The molecule has 0 aromatic carbocycles. The molecule has 174 valence electrons. The number of nitrogens with one attached hydrogen (secondary N) is 2. The molecule has 0 unspecified atom stereocenters. The van der Waals surface area contributed by atoms with E-state index in [2.05, 4.69) is 20.7 Å². The average molecular weight is 448 g/mol. The quantitative estimate of drug-likeness (QED) is 0.591. The Morgan fingerprint density at radius 2 is 1.61 bits per heavy atom. The third-order valence-electron chi connectivity index (χ3n) is 7.61. The van der Waals surface area contributed by atoms with Gasteiger partial charge in [0, 0.05) is 49.3 Å². The maximum atomic E-state index is 5.48. The molecule has 0 bridgehead atoms. The highest BCUT2D eigenvalue weighted by Gasteiger charge is 2.25. The summed E-state index contributed by atoms with van der Waals surface area (Å²) in [6, 6.07) is 5.60. The van der Waals surface area contributed by atoms with Crippen LogP contribution in [0.5, 0.6) is 0 Å². The molecule has 2 saturated carbocycles. The highest BCUT2D eigenvalue weighted by Crippen LogP contribution is 2.38. The summed E-state index contributed by atoms with van der Waals surface area (Å²) in [4.78, 5) is 14.2. The Morgan fingerprint density at radius 1 is 0.848 bits per heavy atom. The van der Waals surface area contributed by atoms with Gasteiger partial charge in [0.05, 0.1) is 17.6 Å². The molecule has 0 radical (unpaired) electrons. The molecule has 1 aliphatic heterocycles. The number of fused-ring (bicyclic) bond motifs is 1. The van der Waals surface area contributed by atoms with Gasteiger partial charge in [0.2, 0.25) is 5.95 Å². The third kappa shape index (κ3) is 4.59. The van der Waals surface area contributed by atoms with Crippen molar-refractivity contribution in [3.8, 4) is 11.4 Å². The summed E-state index contributed by atoms with van der Waals surface area (Å²) in [6.07, 6.45) is 16.5. The minimum atomic E-state index is 0.420. The first kappa shape index (κ1) is 21.0. The fourth-order valence-electron chi connectivity index (χ4n) is 5.39. The van der Waals surface area contributed by atoms with E-state index in [0.29, 0.717) is 30.0 Å². The molecule has 3 aromatic rings. The second-order valence-corrected chi connectivity index (χ2v) is 9.82. The van der Waals surface area contributed by atoms with Crippen molar-refractivity contribution in [2.45, 2.75) is 81.8 Å². The van der Waals surface area contributed by atoms with Crippen molar-refractivity contribution in [3.05, 3.63) is 36.3 Å². The second kappa shape index (κ2) is 9.35. The van der Waals surface area contributed by atoms with Crippen LogP contribution in [-0.2, 0) is 4.74 Å². The lowest BCUT2D eigenvalue weighted by atomic mass is 9.81. The van der Waals surface area contributed by atoms with E-state index in [1.807, 2.05) is 35.2 Å². The Labute approximate surface area is 194 Å². The summed E-state index contributed by atoms with van der Waals surface area (Å²) in [5, 5.41) is 11.9. The molecule has 2 aliphatic carbocycles. The molecule has 8 heteroatoms. The van der Waals surface area contributed by atoms with Gasteiger partial charge in [0.15, 0.2) is 5.65 Å². The summed E-state index contributed by atoms with van der Waals surface area (Å²) in [7, 11) is 0. The maximum Gasteiger partial charge on any atom is 0.223 e. The number of hydrogen-bond donors (Lipinski definition) is 2. The van der Waals surface area contributed by atoms with E-state index in [0.717, 1.165) is 55.9 Å². The van der Waals surface area contributed by atoms with Crippen molar-refractivity contribution < 1.29 is 4.74 Å². The molecule has 6 rings (SSSR count). The number of aromatic nitrogens is 5. The predicted octanol–water partition coefficient (Wildman–Crippen LogP) is 3.95. The standard InChI is InChI=1S/C25H33N7O/c1-2-17(3-1)21-16-27-32-13-9-23(30-24(21)32)22-8-12-26-25(31-22)29-19-6-4-18(5-7-19)28-20-10-14-33-15-11-20/h8-9,12-13,16-20,28H,1-7,10-11,14-15H2,(H,26,29,31). The fraction of sp³-hybridized carbons (Fsp3) is 0.600. The van der Waals surface area contributed by atoms with E-state index in [4.69, 9.17) is 14.7 Å². The first-order chi connectivity index (χ1) is 16.3. The lowest BCUT2D eigenvalue weighted by Crippen LogP contribution is -2.44. The Balaban J connectivity index is 1.10. The topological polar surface area (TPSA) is 89.3 Å². The Morgan fingerprint density at radius 3 is 2.39 bits per heavy atom. The minimum absolute atomic E-state index is 0.420. The van der Waals surface area contributed by atoms with Crippen LogP contribution in [0.3, 0.4) is 0 Å². The van der Waals surface area contributed by atoms with Gasteiger partial charge in [-0.05, 0) is 69.4 Å². The monoisotopic (exact) mass is 447 g/mol. The molecule has 4 heterocycles. The Kier molecular flexibility index (Phi) is 5.94. The van der Waals surface area contributed by atoms with Crippen LogP contribution >= 0.6 is 0 Å². The molecular weight excluding hydrogens is 414 g/mol.